The van der Waals surface area contributed by atoms with E-state index in [4.69, 9.17) is 16.3 Å². The molecule has 0 spiro atoms. The van der Waals surface area contributed by atoms with Crippen LogP contribution in [0.3, 0.4) is 0 Å². The van der Waals surface area contributed by atoms with E-state index in [-0.39, 0.29) is 0 Å². The first kappa shape index (κ1) is 13.3. The number of benzene rings is 1. The van der Waals surface area contributed by atoms with Gasteiger partial charge in [0.2, 0.25) is 0 Å². The maximum Gasteiger partial charge on any atom is 0.157 e. The van der Waals surface area contributed by atoms with Gasteiger partial charge in [-0.25, -0.2) is 9.97 Å². The van der Waals surface area contributed by atoms with Crippen LogP contribution in [0.2, 0.25) is 5.02 Å². The summed E-state index contributed by atoms with van der Waals surface area (Å²) in [6.45, 7) is 2.58. The Morgan fingerprint density at radius 1 is 1.35 bits per heavy atom. The van der Waals surface area contributed by atoms with Crippen LogP contribution in [-0.4, -0.2) is 21.7 Å². The zero-order chi connectivity index (χ0) is 14.1. The minimum atomic E-state index is -0.762. The van der Waals surface area contributed by atoms with Crippen molar-refractivity contribution in [2.75, 3.05) is 6.61 Å². The summed E-state index contributed by atoms with van der Waals surface area (Å²) < 4.78 is 5.63. The number of rotatable bonds is 3. The molecule has 0 bridgehead atoms. The van der Waals surface area contributed by atoms with E-state index in [1.165, 1.54) is 0 Å². The number of halogens is 1. The van der Waals surface area contributed by atoms with Crippen molar-refractivity contribution in [2.45, 2.75) is 25.9 Å². The molecule has 1 atom stereocenters. The fraction of sp³-hybridized carbons (Fsp3) is 0.333. The van der Waals surface area contributed by atoms with E-state index < -0.39 is 6.10 Å². The molecule has 2 heterocycles. The standard InChI is InChI=1S/C15H15ClN2O2/c1-9-7-17-15(18-8-9)13(19)6-11-5-12(16)4-10-2-3-20-14(10)11/h4-5,7-8,13,19H,2-3,6H2,1H3. The molecule has 1 aliphatic heterocycles. The van der Waals surface area contributed by atoms with E-state index in [1.54, 1.807) is 12.4 Å². The van der Waals surface area contributed by atoms with E-state index >= 15 is 0 Å². The SMILES string of the molecule is Cc1cnc(C(O)Cc2cc(Cl)cc3c2OCC3)nc1. The summed E-state index contributed by atoms with van der Waals surface area (Å²) in [6.07, 6.45) is 3.89. The molecule has 0 radical (unpaired) electrons. The van der Waals surface area contributed by atoms with Gasteiger partial charge in [0.15, 0.2) is 5.82 Å². The molecule has 1 aromatic carbocycles. The van der Waals surface area contributed by atoms with Crippen LogP contribution in [-0.2, 0) is 12.8 Å². The molecule has 0 saturated heterocycles. The van der Waals surface area contributed by atoms with Gasteiger partial charge in [0.1, 0.15) is 11.9 Å². The van der Waals surface area contributed by atoms with Gasteiger partial charge >= 0.3 is 0 Å². The Labute approximate surface area is 122 Å². The molecule has 1 aromatic heterocycles. The molecule has 1 unspecified atom stereocenters. The first-order chi connectivity index (χ1) is 9.63. The Kier molecular flexibility index (Phi) is 3.59. The van der Waals surface area contributed by atoms with Crippen molar-refractivity contribution >= 4 is 11.6 Å². The van der Waals surface area contributed by atoms with Crippen molar-refractivity contribution in [3.63, 3.8) is 0 Å². The highest BCUT2D eigenvalue weighted by Crippen LogP contribution is 2.34. The van der Waals surface area contributed by atoms with Crippen molar-refractivity contribution in [3.05, 3.63) is 52.1 Å². The fourth-order valence-corrected chi connectivity index (χ4v) is 2.64. The largest absolute Gasteiger partial charge is 0.493 e. The minimum absolute atomic E-state index is 0.395. The lowest BCUT2D eigenvalue weighted by Crippen LogP contribution is -2.07. The average Bonchev–Trinajstić information content (AvgIpc) is 2.87. The first-order valence-corrected chi connectivity index (χ1v) is 6.92. The summed E-state index contributed by atoms with van der Waals surface area (Å²) in [7, 11) is 0. The number of hydrogen-bond donors (Lipinski definition) is 1. The predicted octanol–water partition coefficient (Wildman–Crippen LogP) is 2.65. The van der Waals surface area contributed by atoms with Gasteiger partial charge in [-0.05, 0) is 35.7 Å². The third kappa shape index (κ3) is 2.62. The fourth-order valence-electron chi connectivity index (χ4n) is 2.37. The van der Waals surface area contributed by atoms with Gasteiger partial charge in [0, 0.05) is 30.3 Å². The normalized spacial score (nSPS) is 14.8. The zero-order valence-corrected chi connectivity index (χ0v) is 11.9. The monoisotopic (exact) mass is 290 g/mol. The van der Waals surface area contributed by atoms with Crippen LogP contribution in [0.4, 0.5) is 0 Å². The maximum absolute atomic E-state index is 10.3. The number of ether oxygens (including phenoxy) is 1. The molecular weight excluding hydrogens is 276 g/mol. The van der Waals surface area contributed by atoms with Crippen LogP contribution in [0.5, 0.6) is 5.75 Å². The van der Waals surface area contributed by atoms with Crippen LogP contribution in [0.1, 0.15) is 28.6 Å². The molecule has 0 saturated carbocycles. The van der Waals surface area contributed by atoms with Crippen molar-refractivity contribution in [2.24, 2.45) is 0 Å². The van der Waals surface area contributed by atoms with Crippen molar-refractivity contribution in [1.82, 2.24) is 9.97 Å². The number of aromatic nitrogens is 2. The Morgan fingerprint density at radius 2 is 2.10 bits per heavy atom. The third-order valence-electron chi connectivity index (χ3n) is 3.34. The summed E-state index contributed by atoms with van der Waals surface area (Å²) in [5, 5.41) is 10.9. The van der Waals surface area contributed by atoms with E-state index in [0.29, 0.717) is 23.9 Å². The molecule has 0 fully saturated rings. The second-order valence-corrected chi connectivity index (χ2v) is 5.43. The summed E-state index contributed by atoms with van der Waals surface area (Å²) in [6, 6.07) is 3.76. The molecule has 5 heteroatoms. The molecule has 104 valence electrons. The summed E-state index contributed by atoms with van der Waals surface area (Å²) >= 11 is 6.11. The molecule has 0 amide bonds. The Morgan fingerprint density at radius 3 is 2.85 bits per heavy atom. The van der Waals surface area contributed by atoms with Gasteiger partial charge in [-0.15, -0.1) is 0 Å². The second kappa shape index (κ2) is 5.38. The van der Waals surface area contributed by atoms with E-state index in [2.05, 4.69) is 9.97 Å². The molecular formula is C15H15ClN2O2. The van der Waals surface area contributed by atoms with E-state index in [0.717, 1.165) is 28.9 Å². The number of aryl methyl sites for hydroxylation is 1. The lowest BCUT2D eigenvalue weighted by atomic mass is 10.0. The number of nitrogens with zero attached hydrogens (tertiary/aromatic N) is 2. The minimum Gasteiger partial charge on any atom is -0.493 e. The van der Waals surface area contributed by atoms with Crippen LogP contribution in [0.25, 0.3) is 0 Å². The molecule has 1 N–H and O–H groups in total. The zero-order valence-electron chi connectivity index (χ0n) is 11.1. The van der Waals surface area contributed by atoms with Gasteiger partial charge in [0.25, 0.3) is 0 Å². The van der Waals surface area contributed by atoms with Gasteiger partial charge in [0.05, 0.1) is 6.61 Å². The van der Waals surface area contributed by atoms with Crippen LogP contribution >= 0.6 is 11.6 Å². The van der Waals surface area contributed by atoms with Gasteiger partial charge in [-0.1, -0.05) is 11.6 Å². The van der Waals surface area contributed by atoms with Crippen LogP contribution < -0.4 is 4.74 Å². The quantitative estimate of drug-likeness (QED) is 0.944. The lowest BCUT2D eigenvalue weighted by Gasteiger charge is -2.13. The Balaban J connectivity index is 1.86. The lowest BCUT2D eigenvalue weighted by molar-refractivity contribution is 0.167. The highest BCUT2D eigenvalue weighted by molar-refractivity contribution is 6.30. The van der Waals surface area contributed by atoms with E-state index in [1.807, 2.05) is 19.1 Å². The molecule has 20 heavy (non-hydrogen) atoms. The highest BCUT2D eigenvalue weighted by Gasteiger charge is 2.21. The molecule has 1 aliphatic rings. The third-order valence-corrected chi connectivity index (χ3v) is 3.56. The van der Waals surface area contributed by atoms with Gasteiger partial charge in [-0.3, -0.25) is 0 Å². The number of hydrogen-bond acceptors (Lipinski definition) is 4. The summed E-state index contributed by atoms with van der Waals surface area (Å²) in [4.78, 5) is 8.31. The van der Waals surface area contributed by atoms with Crippen LogP contribution in [0.15, 0.2) is 24.5 Å². The van der Waals surface area contributed by atoms with Crippen molar-refractivity contribution in [3.8, 4) is 5.75 Å². The molecule has 4 nitrogen and oxygen atoms in total. The highest BCUT2D eigenvalue weighted by atomic mass is 35.5. The number of fused-ring (bicyclic) bond motifs is 1. The van der Waals surface area contributed by atoms with Crippen molar-refractivity contribution < 1.29 is 9.84 Å². The summed E-state index contributed by atoms with van der Waals surface area (Å²) in [5.41, 5.74) is 2.97. The van der Waals surface area contributed by atoms with E-state index in [9.17, 15) is 5.11 Å². The molecule has 0 aliphatic carbocycles. The first-order valence-electron chi connectivity index (χ1n) is 6.54. The average molecular weight is 291 g/mol. The van der Waals surface area contributed by atoms with Crippen LogP contribution in [0, 0.1) is 6.92 Å². The predicted molar refractivity (Wildman–Crippen MR) is 76.1 cm³/mol. The molecule has 2 aromatic rings. The smallest absolute Gasteiger partial charge is 0.157 e. The summed E-state index contributed by atoms with van der Waals surface area (Å²) in [5.74, 6) is 1.27. The Bertz CT molecular complexity index is 629. The number of aliphatic hydroxyl groups excluding tert-OH is 1. The van der Waals surface area contributed by atoms with Crippen molar-refractivity contribution in [1.29, 1.82) is 0 Å². The van der Waals surface area contributed by atoms with Gasteiger partial charge < -0.3 is 9.84 Å². The second-order valence-electron chi connectivity index (χ2n) is 4.99. The molecule has 3 rings (SSSR count). The maximum atomic E-state index is 10.3. The Hall–Kier alpha value is -1.65. The topological polar surface area (TPSA) is 55.2 Å². The number of aliphatic hydroxyl groups is 1. The van der Waals surface area contributed by atoms with Gasteiger partial charge in [-0.2, -0.15) is 0 Å².